The van der Waals surface area contributed by atoms with Crippen LogP contribution in [0.15, 0.2) is 40.2 Å². The zero-order valence-electron chi connectivity index (χ0n) is 7.24. The minimum absolute atomic E-state index is 0.738. The van der Waals surface area contributed by atoms with Crippen molar-refractivity contribution in [3.05, 3.63) is 45.7 Å². The molecule has 0 spiro atoms. The van der Waals surface area contributed by atoms with Gasteiger partial charge in [0.2, 0.25) is 0 Å². The average molecular weight is 267 g/mol. The quantitative estimate of drug-likeness (QED) is 0.752. The van der Waals surface area contributed by atoms with Crippen LogP contribution in [-0.4, -0.2) is 6.29 Å². The van der Waals surface area contributed by atoms with E-state index in [0.717, 1.165) is 26.1 Å². The smallest absolute Gasteiger partial charge is 0.150 e. The molecule has 3 heteroatoms. The lowest BCUT2D eigenvalue weighted by Crippen LogP contribution is -1.83. The molecule has 0 N–H and O–H groups in total. The number of carbonyl (C=O) groups excluding carboxylic acids is 1. The maximum absolute atomic E-state index is 10.8. The minimum atomic E-state index is 0.738. The second-order valence-electron chi connectivity index (χ2n) is 2.81. The molecule has 0 amide bonds. The van der Waals surface area contributed by atoms with Crippen LogP contribution in [0.3, 0.4) is 0 Å². The summed E-state index contributed by atoms with van der Waals surface area (Å²) in [7, 11) is 0. The van der Waals surface area contributed by atoms with Gasteiger partial charge >= 0.3 is 0 Å². The predicted octanol–water partition coefficient (Wildman–Crippen LogP) is 3.99. The summed E-state index contributed by atoms with van der Waals surface area (Å²) in [4.78, 5) is 11.9. The fourth-order valence-corrected chi connectivity index (χ4v) is 2.72. The maximum Gasteiger partial charge on any atom is 0.150 e. The second kappa shape index (κ2) is 4.07. The summed E-state index contributed by atoms with van der Waals surface area (Å²) in [6.45, 7) is 0. The SMILES string of the molecule is O=Cc1ccccc1-c1ccc(Br)s1. The maximum atomic E-state index is 10.8. The highest BCUT2D eigenvalue weighted by Crippen LogP contribution is 2.32. The molecular formula is C11H7BrOS. The molecule has 0 aliphatic heterocycles. The lowest BCUT2D eigenvalue weighted by atomic mass is 10.1. The van der Waals surface area contributed by atoms with Crippen LogP contribution in [0.5, 0.6) is 0 Å². The van der Waals surface area contributed by atoms with Crippen LogP contribution in [0.4, 0.5) is 0 Å². The van der Waals surface area contributed by atoms with Crippen molar-refractivity contribution in [1.82, 2.24) is 0 Å². The van der Waals surface area contributed by atoms with Gasteiger partial charge in [-0.15, -0.1) is 11.3 Å². The van der Waals surface area contributed by atoms with E-state index in [4.69, 9.17) is 0 Å². The third-order valence-electron chi connectivity index (χ3n) is 1.93. The first kappa shape index (κ1) is 9.62. The van der Waals surface area contributed by atoms with Crippen molar-refractivity contribution in [2.24, 2.45) is 0 Å². The summed E-state index contributed by atoms with van der Waals surface area (Å²) in [5.41, 5.74) is 1.74. The summed E-state index contributed by atoms with van der Waals surface area (Å²) in [5, 5.41) is 0. The Morgan fingerprint density at radius 2 is 1.93 bits per heavy atom. The summed E-state index contributed by atoms with van der Waals surface area (Å²) >= 11 is 5.03. The van der Waals surface area contributed by atoms with E-state index in [-0.39, 0.29) is 0 Å². The minimum Gasteiger partial charge on any atom is -0.298 e. The highest BCUT2D eigenvalue weighted by Gasteiger charge is 2.05. The van der Waals surface area contributed by atoms with Gasteiger partial charge in [0.25, 0.3) is 0 Å². The topological polar surface area (TPSA) is 17.1 Å². The van der Waals surface area contributed by atoms with Gasteiger partial charge in [-0.05, 0) is 28.1 Å². The van der Waals surface area contributed by atoms with E-state index < -0.39 is 0 Å². The largest absolute Gasteiger partial charge is 0.298 e. The Morgan fingerprint density at radius 1 is 1.14 bits per heavy atom. The van der Waals surface area contributed by atoms with Crippen LogP contribution in [0.2, 0.25) is 0 Å². The average Bonchev–Trinajstić information content (AvgIpc) is 2.65. The van der Waals surface area contributed by atoms with Crippen molar-refractivity contribution in [2.45, 2.75) is 0 Å². The summed E-state index contributed by atoms with van der Waals surface area (Å²) in [6.07, 6.45) is 0.892. The van der Waals surface area contributed by atoms with Crippen molar-refractivity contribution < 1.29 is 4.79 Å². The highest BCUT2D eigenvalue weighted by atomic mass is 79.9. The van der Waals surface area contributed by atoms with Crippen molar-refractivity contribution in [2.75, 3.05) is 0 Å². The highest BCUT2D eigenvalue weighted by molar-refractivity contribution is 9.11. The Balaban J connectivity index is 2.55. The summed E-state index contributed by atoms with van der Waals surface area (Å²) < 4.78 is 1.08. The van der Waals surface area contributed by atoms with Gasteiger partial charge in [0.1, 0.15) is 0 Å². The van der Waals surface area contributed by atoms with Crippen molar-refractivity contribution in [1.29, 1.82) is 0 Å². The Morgan fingerprint density at radius 3 is 2.57 bits per heavy atom. The van der Waals surface area contributed by atoms with E-state index in [1.54, 1.807) is 11.3 Å². The molecule has 1 heterocycles. The van der Waals surface area contributed by atoms with Gasteiger partial charge in [0, 0.05) is 16.0 Å². The molecule has 1 aromatic carbocycles. The number of rotatable bonds is 2. The lowest BCUT2D eigenvalue weighted by molar-refractivity contribution is 0.112. The Hall–Kier alpha value is -0.930. The van der Waals surface area contributed by atoms with E-state index in [1.807, 2.05) is 36.4 Å². The first-order chi connectivity index (χ1) is 6.81. The Labute approximate surface area is 94.5 Å². The molecular weight excluding hydrogens is 260 g/mol. The Kier molecular flexibility index (Phi) is 2.79. The number of aldehydes is 1. The number of halogens is 1. The Bertz CT molecular complexity index is 462. The molecule has 0 bridgehead atoms. The molecule has 1 aromatic heterocycles. The van der Waals surface area contributed by atoms with E-state index in [0.29, 0.717) is 0 Å². The standard InChI is InChI=1S/C11H7BrOS/c12-11-6-5-10(14-11)9-4-2-1-3-8(9)7-13/h1-7H. The molecule has 0 atom stereocenters. The zero-order valence-corrected chi connectivity index (χ0v) is 9.64. The normalized spacial score (nSPS) is 10.1. The first-order valence-electron chi connectivity index (χ1n) is 4.11. The van der Waals surface area contributed by atoms with Gasteiger partial charge < -0.3 is 0 Å². The number of thiophene rings is 1. The molecule has 0 saturated heterocycles. The summed E-state index contributed by atoms with van der Waals surface area (Å²) in [6, 6.07) is 11.6. The number of carbonyl (C=O) groups is 1. The zero-order chi connectivity index (χ0) is 9.97. The van der Waals surface area contributed by atoms with E-state index in [2.05, 4.69) is 15.9 Å². The first-order valence-corrected chi connectivity index (χ1v) is 5.72. The van der Waals surface area contributed by atoms with Gasteiger partial charge in [0.15, 0.2) is 6.29 Å². The van der Waals surface area contributed by atoms with Gasteiger partial charge in [-0.3, -0.25) is 4.79 Å². The molecule has 0 aliphatic rings. The van der Waals surface area contributed by atoms with Crippen LogP contribution >= 0.6 is 27.3 Å². The van der Waals surface area contributed by atoms with E-state index >= 15 is 0 Å². The van der Waals surface area contributed by atoms with Crippen molar-refractivity contribution >= 4 is 33.6 Å². The van der Waals surface area contributed by atoms with Crippen LogP contribution in [0, 0.1) is 0 Å². The summed E-state index contributed by atoms with van der Waals surface area (Å²) in [5.74, 6) is 0. The molecule has 2 aromatic rings. The number of benzene rings is 1. The van der Waals surface area contributed by atoms with Gasteiger partial charge in [-0.2, -0.15) is 0 Å². The third kappa shape index (κ3) is 1.79. The molecule has 0 saturated carbocycles. The third-order valence-corrected chi connectivity index (χ3v) is 3.58. The molecule has 0 radical (unpaired) electrons. The van der Waals surface area contributed by atoms with Crippen molar-refractivity contribution in [3.8, 4) is 10.4 Å². The van der Waals surface area contributed by atoms with Gasteiger partial charge in [-0.1, -0.05) is 24.3 Å². The fourth-order valence-electron chi connectivity index (χ4n) is 1.28. The molecule has 70 valence electrons. The lowest BCUT2D eigenvalue weighted by Gasteiger charge is -1.99. The molecule has 0 aliphatic carbocycles. The van der Waals surface area contributed by atoms with Crippen LogP contribution in [0.25, 0.3) is 10.4 Å². The van der Waals surface area contributed by atoms with Crippen molar-refractivity contribution in [3.63, 3.8) is 0 Å². The second-order valence-corrected chi connectivity index (χ2v) is 5.27. The van der Waals surface area contributed by atoms with Crippen LogP contribution in [0.1, 0.15) is 10.4 Å². The molecule has 0 fully saturated rings. The van der Waals surface area contributed by atoms with E-state index in [9.17, 15) is 4.79 Å². The molecule has 2 rings (SSSR count). The number of hydrogen-bond acceptors (Lipinski definition) is 2. The predicted molar refractivity (Wildman–Crippen MR) is 62.8 cm³/mol. The molecule has 14 heavy (non-hydrogen) atoms. The van der Waals surface area contributed by atoms with Crippen LogP contribution < -0.4 is 0 Å². The van der Waals surface area contributed by atoms with Crippen LogP contribution in [-0.2, 0) is 0 Å². The van der Waals surface area contributed by atoms with E-state index in [1.165, 1.54) is 0 Å². The monoisotopic (exact) mass is 266 g/mol. The number of hydrogen-bond donors (Lipinski definition) is 0. The fraction of sp³-hybridized carbons (Fsp3) is 0. The van der Waals surface area contributed by atoms with Gasteiger partial charge in [-0.25, -0.2) is 0 Å². The van der Waals surface area contributed by atoms with Gasteiger partial charge in [0.05, 0.1) is 3.79 Å². The molecule has 1 nitrogen and oxygen atoms in total. The molecule has 0 unspecified atom stereocenters.